The molecule has 3 aromatic rings. The van der Waals surface area contributed by atoms with Crippen LogP contribution in [0.4, 0.5) is 10.7 Å². The van der Waals surface area contributed by atoms with Crippen LogP contribution in [0, 0.1) is 10.1 Å². The van der Waals surface area contributed by atoms with E-state index in [4.69, 9.17) is 23.4 Å². The molecule has 1 amide bonds. The number of ketones is 3. The first-order chi connectivity index (χ1) is 26.1. The first-order valence-electron chi connectivity index (χ1n) is 17.6. The molecular weight excluding hydrogens is 726 g/mol. The van der Waals surface area contributed by atoms with Crippen molar-refractivity contribution < 1.29 is 67.9 Å². The van der Waals surface area contributed by atoms with Crippen molar-refractivity contribution in [2.75, 3.05) is 33.3 Å². The highest BCUT2D eigenvalue weighted by Gasteiger charge is 2.50. The summed E-state index contributed by atoms with van der Waals surface area (Å²) in [5.74, 6) is -3.78. The van der Waals surface area contributed by atoms with E-state index in [9.17, 15) is 49.7 Å². The van der Waals surface area contributed by atoms with Crippen molar-refractivity contribution in [1.29, 1.82) is 0 Å². The fraction of sp³-hybridized carbons (Fsp3) is 0.459. The van der Waals surface area contributed by atoms with Gasteiger partial charge in [-0.15, -0.1) is 0 Å². The molecule has 0 saturated carbocycles. The summed E-state index contributed by atoms with van der Waals surface area (Å²) in [7, 11) is 1.32. The molecule has 55 heavy (non-hydrogen) atoms. The van der Waals surface area contributed by atoms with Gasteiger partial charge in [0.1, 0.15) is 33.5 Å². The van der Waals surface area contributed by atoms with Gasteiger partial charge < -0.3 is 48.7 Å². The van der Waals surface area contributed by atoms with Gasteiger partial charge >= 0.3 is 12.0 Å². The van der Waals surface area contributed by atoms with Crippen LogP contribution >= 0.6 is 0 Å². The van der Waals surface area contributed by atoms with Crippen LogP contribution in [0.5, 0.6) is 17.2 Å². The molecule has 2 aromatic carbocycles. The highest BCUT2D eigenvalue weighted by Crippen LogP contribution is 2.52. The molecule has 7 rings (SSSR count). The summed E-state index contributed by atoms with van der Waals surface area (Å²) in [4.78, 5) is 66.9. The number of aromatic hydroxyl groups is 2. The van der Waals surface area contributed by atoms with Crippen LogP contribution in [0.3, 0.4) is 0 Å². The van der Waals surface area contributed by atoms with E-state index in [2.05, 4.69) is 0 Å². The van der Waals surface area contributed by atoms with Gasteiger partial charge in [-0.25, -0.2) is 4.79 Å². The number of nitro groups is 1. The summed E-state index contributed by atoms with van der Waals surface area (Å²) in [6.45, 7) is 3.59. The third-order valence-electron chi connectivity index (χ3n) is 10.9. The highest BCUT2D eigenvalue weighted by atomic mass is 16.7. The quantitative estimate of drug-likeness (QED) is 0.114. The second-order valence-corrected chi connectivity index (χ2v) is 14.1. The van der Waals surface area contributed by atoms with E-state index in [1.807, 2.05) is 4.90 Å². The zero-order chi connectivity index (χ0) is 39.5. The molecule has 0 radical (unpaired) electrons. The van der Waals surface area contributed by atoms with Crippen LogP contribution in [0.25, 0.3) is 0 Å². The van der Waals surface area contributed by atoms with Crippen molar-refractivity contribution >= 4 is 29.3 Å². The van der Waals surface area contributed by atoms with Crippen molar-refractivity contribution in [3.63, 3.8) is 0 Å². The van der Waals surface area contributed by atoms with Crippen LogP contribution in [-0.2, 0) is 32.0 Å². The number of hydrogen-bond acceptors (Lipinski definition) is 16. The third-order valence-corrected chi connectivity index (χ3v) is 10.9. The lowest BCUT2D eigenvalue weighted by Gasteiger charge is -2.47. The number of carbonyl (C=O) groups excluding carboxylic acids is 4. The Bertz CT molecular complexity index is 2090. The van der Waals surface area contributed by atoms with E-state index >= 15 is 0 Å². The number of carbonyl (C=O) groups is 4. The van der Waals surface area contributed by atoms with Gasteiger partial charge in [-0.3, -0.25) is 29.4 Å². The number of Topliss-reactive ketones (excluding diaryl/α,β-unsaturated/α-hetero) is 1. The molecule has 2 aliphatic heterocycles. The summed E-state index contributed by atoms with van der Waals surface area (Å²) >= 11 is 0. The maximum absolute atomic E-state index is 13.9. The molecule has 18 heteroatoms. The van der Waals surface area contributed by atoms with Gasteiger partial charge in [0.25, 0.3) is 0 Å². The number of benzene rings is 2. The molecule has 2 aliphatic carbocycles. The summed E-state index contributed by atoms with van der Waals surface area (Å²) < 4.78 is 28.1. The average Bonchev–Trinajstić information content (AvgIpc) is 3.65. The largest absolute Gasteiger partial charge is 0.507 e. The number of hydrogen-bond donors (Lipinski definition) is 4. The first-order valence-corrected chi connectivity index (χ1v) is 17.6. The molecule has 0 bridgehead atoms. The van der Waals surface area contributed by atoms with Crippen LogP contribution < -0.4 is 4.74 Å². The molecule has 0 unspecified atom stereocenters. The number of fused-ring (bicyclic) bond motifs is 3. The van der Waals surface area contributed by atoms with Crippen LogP contribution in [0.1, 0.15) is 81.5 Å². The number of amides is 1. The van der Waals surface area contributed by atoms with Crippen LogP contribution in [0.2, 0.25) is 0 Å². The second-order valence-electron chi connectivity index (χ2n) is 14.1. The number of methoxy groups -OCH3 is 1. The van der Waals surface area contributed by atoms with E-state index in [-0.39, 0.29) is 59.9 Å². The second kappa shape index (κ2) is 14.3. The Morgan fingerprint density at radius 1 is 1.04 bits per heavy atom. The Morgan fingerprint density at radius 3 is 2.40 bits per heavy atom. The molecule has 2 saturated heterocycles. The number of aliphatic hydroxyl groups is 2. The van der Waals surface area contributed by atoms with Gasteiger partial charge in [0.15, 0.2) is 24.5 Å². The van der Waals surface area contributed by atoms with Crippen molar-refractivity contribution in [1.82, 2.24) is 9.80 Å². The molecule has 0 spiro atoms. The lowest BCUT2D eigenvalue weighted by atomic mass is 9.72. The number of phenols is 2. The van der Waals surface area contributed by atoms with E-state index in [1.165, 1.54) is 43.2 Å². The predicted molar refractivity (Wildman–Crippen MR) is 185 cm³/mol. The van der Waals surface area contributed by atoms with Crippen LogP contribution in [0.15, 0.2) is 34.7 Å². The monoisotopic (exact) mass is 765 g/mol. The summed E-state index contributed by atoms with van der Waals surface area (Å²) in [5.41, 5.74) is -3.38. The topological polar surface area (TPSA) is 249 Å². The average molecular weight is 766 g/mol. The van der Waals surface area contributed by atoms with Crippen LogP contribution in [-0.4, -0.2) is 122 Å². The van der Waals surface area contributed by atoms with Gasteiger partial charge in [0, 0.05) is 68.2 Å². The van der Waals surface area contributed by atoms with E-state index in [1.54, 1.807) is 6.92 Å². The minimum absolute atomic E-state index is 0.0500. The maximum Gasteiger partial charge on any atom is 0.433 e. The lowest BCUT2D eigenvalue weighted by molar-refractivity contribution is -0.402. The number of ether oxygens (including phenoxy) is 4. The molecule has 6 atom stereocenters. The number of furan rings is 1. The normalized spacial score (nSPS) is 26.5. The van der Waals surface area contributed by atoms with E-state index in [0.29, 0.717) is 13.1 Å². The summed E-state index contributed by atoms with van der Waals surface area (Å²) in [5, 5.41) is 57.0. The molecule has 4 N–H and O–H groups in total. The molecule has 2 fully saturated rings. The molecule has 1 aromatic heterocycles. The minimum atomic E-state index is -2.09. The fourth-order valence-corrected chi connectivity index (χ4v) is 7.97. The number of piperazine rings is 1. The molecule has 292 valence electrons. The zero-order valence-electron chi connectivity index (χ0n) is 30.1. The number of phenolic OH excluding ortho intramolecular Hbond substituents is 2. The van der Waals surface area contributed by atoms with Crippen molar-refractivity contribution in [3.8, 4) is 17.2 Å². The van der Waals surface area contributed by atoms with Gasteiger partial charge in [0.2, 0.25) is 5.78 Å². The fourth-order valence-electron chi connectivity index (χ4n) is 7.97. The summed E-state index contributed by atoms with van der Waals surface area (Å²) in [6, 6.07) is 6.34. The molecule has 18 nitrogen and oxygen atoms in total. The Morgan fingerprint density at radius 2 is 1.75 bits per heavy atom. The SMILES string of the molecule is COc1cccc2c1C(=O)c1c(O)c3c(c(O)c1C2=O)C[C@@](O)(C(C)=O)C[C@@H]3O[C@H]1C[C@@H](N2CCN(C(=O)OCc3ccc([N+](=O)[O-])o3)CC2)[C@H](O)[C@H](C)O1. The Balaban J connectivity index is 1.11. The third kappa shape index (κ3) is 6.58. The Hall–Kier alpha value is -5.40. The predicted octanol–water partition coefficient (Wildman–Crippen LogP) is 2.53. The van der Waals surface area contributed by atoms with Gasteiger partial charge in [0.05, 0.1) is 48.2 Å². The molecular formula is C37H39N3O15. The standard InChI is InChI=1S/C37H39N3O15/c1-17-31(42)22(38-9-11-39(12-10-38)36(47)52-16-19-7-8-25(54-19)40(49)50)13-26(53-17)55-24-15-37(48,18(2)41)14-21-28(24)35(46)30-29(33(21)44)32(43)20-5-4-6-23(51-3)27(20)34(30)45/h4-8,17,22,24,26,31,42,44,46,48H,9-16H2,1-3H3/t17-,22+,24-,26-,31+,37-/m0/s1. The first kappa shape index (κ1) is 37.9. The van der Waals surface area contributed by atoms with Crippen molar-refractivity contribution in [3.05, 3.63) is 79.6 Å². The number of aliphatic hydroxyl groups excluding tert-OH is 1. The lowest BCUT2D eigenvalue weighted by Crippen LogP contribution is -2.60. The maximum atomic E-state index is 13.9. The van der Waals surface area contributed by atoms with Crippen molar-refractivity contribution in [2.24, 2.45) is 0 Å². The van der Waals surface area contributed by atoms with Gasteiger partial charge in [-0.2, -0.15) is 0 Å². The molecule has 4 aliphatic rings. The van der Waals surface area contributed by atoms with E-state index in [0.717, 1.165) is 6.07 Å². The zero-order valence-corrected chi connectivity index (χ0v) is 30.1. The smallest absolute Gasteiger partial charge is 0.433 e. The van der Waals surface area contributed by atoms with Crippen molar-refractivity contribution in [2.45, 2.75) is 76.0 Å². The molecule has 3 heterocycles. The number of rotatable bonds is 8. The minimum Gasteiger partial charge on any atom is -0.507 e. The summed E-state index contributed by atoms with van der Waals surface area (Å²) in [6.07, 6.45) is -5.65. The Labute approximate surface area is 312 Å². The van der Waals surface area contributed by atoms with E-state index < -0.39 is 106 Å². The van der Waals surface area contributed by atoms with Gasteiger partial charge in [-0.1, -0.05) is 12.1 Å². The Kier molecular flexibility index (Phi) is 9.89. The highest BCUT2D eigenvalue weighted by molar-refractivity contribution is 6.31. The number of nitrogens with zero attached hydrogens (tertiary/aromatic N) is 3. The van der Waals surface area contributed by atoms with Gasteiger partial charge in [-0.05, 0) is 26.0 Å².